The van der Waals surface area contributed by atoms with E-state index in [2.05, 4.69) is 15.2 Å². The number of phenols is 1. The number of aromatic hydroxyl groups is 1. The van der Waals surface area contributed by atoms with Crippen LogP contribution in [0.25, 0.3) is 33.2 Å². The molecule has 0 unspecified atom stereocenters. The number of nitrogens with zero attached hydrogens (tertiary/aromatic N) is 3. The van der Waals surface area contributed by atoms with Crippen LogP contribution in [0.1, 0.15) is 11.1 Å². The van der Waals surface area contributed by atoms with E-state index >= 15 is 0 Å². The third-order valence-corrected chi connectivity index (χ3v) is 6.68. The fourth-order valence-corrected chi connectivity index (χ4v) is 4.95. The summed E-state index contributed by atoms with van der Waals surface area (Å²) in [6, 6.07) is 14.2. The molecule has 1 aliphatic rings. The standard InChI is InChI=1S/C29H25F3N4O/c1-17-6-20(8-22(31)7-17)26-14-35-27-3-2-19(24-11-23(32)9-21(12-33)29(24)37)10-25(27)28(26)36-15-18(16-36)13-34-5-4-30/h2-3,6-11,14,18,34,37H,4-5,13,15-16H2,1H3. The highest BCUT2D eigenvalue weighted by atomic mass is 19.1. The van der Waals surface area contributed by atoms with E-state index in [1.54, 1.807) is 18.3 Å². The lowest BCUT2D eigenvalue weighted by atomic mass is 9.92. The number of alkyl halides is 1. The summed E-state index contributed by atoms with van der Waals surface area (Å²) in [6.07, 6.45) is 1.73. The summed E-state index contributed by atoms with van der Waals surface area (Å²) in [6.45, 7) is 3.85. The average molecular weight is 503 g/mol. The van der Waals surface area contributed by atoms with Gasteiger partial charge in [-0.15, -0.1) is 0 Å². The molecule has 1 aliphatic heterocycles. The number of benzene rings is 3. The topological polar surface area (TPSA) is 72.2 Å². The predicted octanol–water partition coefficient (Wildman–Crippen LogP) is 5.73. The van der Waals surface area contributed by atoms with Crippen molar-refractivity contribution in [3.63, 3.8) is 0 Å². The average Bonchev–Trinajstić information content (AvgIpc) is 2.85. The zero-order chi connectivity index (χ0) is 26.1. The first-order chi connectivity index (χ1) is 17.9. The number of rotatable bonds is 7. The fourth-order valence-electron chi connectivity index (χ4n) is 4.95. The minimum atomic E-state index is -0.627. The van der Waals surface area contributed by atoms with Gasteiger partial charge in [-0.1, -0.05) is 12.1 Å². The summed E-state index contributed by atoms with van der Waals surface area (Å²) in [4.78, 5) is 6.79. The van der Waals surface area contributed by atoms with Crippen molar-refractivity contribution in [2.75, 3.05) is 37.8 Å². The molecular formula is C29H25F3N4O. The largest absolute Gasteiger partial charge is 0.506 e. The minimum Gasteiger partial charge on any atom is -0.506 e. The van der Waals surface area contributed by atoms with Gasteiger partial charge in [0.1, 0.15) is 30.1 Å². The lowest BCUT2D eigenvalue weighted by Gasteiger charge is -2.42. The third kappa shape index (κ3) is 4.83. The summed E-state index contributed by atoms with van der Waals surface area (Å²) in [5, 5.41) is 23.8. The Morgan fingerprint density at radius 1 is 1.05 bits per heavy atom. The summed E-state index contributed by atoms with van der Waals surface area (Å²) in [7, 11) is 0. The van der Waals surface area contributed by atoms with E-state index < -0.39 is 12.5 Å². The molecule has 2 N–H and O–H groups in total. The highest BCUT2D eigenvalue weighted by molar-refractivity contribution is 6.02. The lowest BCUT2D eigenvalue weighted by molar-refractivity contribution is 0.372. The highest BCUT2D eigenvalue weighted by Crippen LogP contribution is 2.42. The first-order valence-electron chi connectivity index (χ1n) is 12.0. The molecule has 188 valence electrons. The fraction of sp³-hybridized carbons (Fsp3) is 0.241. The second-order valence-electron chi connectivity index (χ2n) is 9.40. The van der Waals surface area contributed by atoms with Gasteiger partial charge in [0, 0.05) is 54.8 Å². The van der Waals surface area contributed by atoms with E-state index in [-0.39, 0.29) is 22.7 Å². The van der Waals surface area contributed by atoms with Crippen molar-refractivity contribution < 1.29 is 18.3 Å². The van der Waals surface area contributed by atoms with Crippen LogP contribution in [0.4, 0.5) is 18.9 Å². The summed E-state index contributed by atoms with van der Waals surface area (Å²) in [5.74, 6) is -0.943. The number of nitriles is 1. The van der Waals surface area contributed by atoms with E-state index in [4.69, 9.17) is 0 Å². The Morgan fingerprint density at radius 2 is 1.84 bits per heavy atom. The second-order valence-corrected chi connectivity index (χ2v) is 9.40. The number of hydrogen-bond donors (Lipinski definition) is 2. The van der Waals surface area contributed by atoms with E-state index in [0.29, 0.717) is 48.7 Å². The lowest BCUT2D eigenvalue weighted by Crippen LogP contribution is -2.51. The van der Waals surface area contributed by atoms with Gasteiger partial charge in [-0.05, 0) is 60.0 Å². The van der Waals surface area contributed by atoms with Gasteiger partial charge in [0.05, 0.1) is 16.8 Å². The Hall–Kier alpha value is -4.09. The zero-order valence-corrected chi connectivity index (χ0v) is 20.2. The molecule has 3 aromatic carbocycles. The Morgan fingerprint density at radius 3 is 2.57 bits per heavy atom. The molecule has 0 spiro atoms. The normalized spacial score (nSPS) is 13.5. The van der Waals surface area contributed by atoms with Crippen LogP contribution in [0.15, 0.2) is 54.7 Å². The Labute approximate surface area is 212 Å². The number of pyridine rings is 1. The number of aromatic nitrogens is 1. The van der Waals surface area contributed by atoms with E-state index in [1.807, 2.05) is 25.1 Å². The third-order valence-electron chi connectivity index (χ3n) is 6.68. The molecule has 1 saturated heterocycles. The molecule has 5 nitrogen and oxygen atoms in total. The van der Waals surface area contributed by atoms with Crippen molar-refractivity contribution in [1.29, 1.82) is 5.26 Å². The first-order valence-corrected chi connectivity index (χ1v) is 12.0. The second kappa shape index (κ2) is 10.1. The first kappa shape index (κ1) is 24.6. The van der Waals surface area contributed by atoms with Crippen molar-refractivity contribution in [2.45, 2.75) is 6.92 Å². The van der Waals surface area contributed by atoms with Gasteiger partial charge >= 0.3 is 0 Å². The number of nitrogens with one attached hydrogen (secondary N) is 1. The molecule has 0 amide bonds. The smallest absolute Gasteiger partial charge is 0.141 e. The van der Waals surface area contributed by atoms with Crippen LogP contribution >= 0.6 is 0 Å². The molecule has 5 rings (SSSR count). The summed E-state index contributed by atoms with van der Waals surface area (Å²) in [5.41, 5.74) is 4.34. The molecule has 37 heavy (non-hydrogen) atoms. The van der Waals surface area contributed by atoms with Crippen LogP contribution in [0, 0.1) is 35.8 Å². The SMILES string of the molecule is Cc1cc(F)cc(-c2cnc3ccc(-c4cc(F)cc(C#N)c4O)cc3c2N2CC(CNCCF)C2)c1. The summed E-state index contributed by atoms with van der Waals surface area (Å²) < 4.78 is 41.1. The number of halogens is 3. The predicted molar refractivity (Wildman–Crippen MR) is 138 cm³/mol. The molecule has 0 radical (unpaired) electrons. The molecule has 0 saturated carbocycles. The van der Waals surface area contributed by atoms with Crippen molar-refractivity contribution >= 4 is 16.6 Å². The molecule has 0 atom stereocenters. The maximum Gasteiger partial charge on any atom is 0.141 e. The van der Waals surface area contributed by atoms with Crippen molar-refractivity contribution in [1.82, 2.24) is 10.3 Å². The van der Waals surface area contributed by atoms with Gasteiger partial charge in [-0.2, -0.15) is 5.26 Å². The van der Waals surface area contributed by atoms with Crippen molar-refractivity contribution in [2.24, 2.45) is 5.92 Å². The van der Waals surface area contributed by atoms with Gasteiger partial charge in [0.25, 0.3) is 0 Å². The van der Waals surface area contributed by atoms with Gasteiger partial charge in [0.2, 0.25) is 0 Å². The van der Waals surface area contributed by atoms with Gasteiger partial charge in [-0.25, -0.2) is 13.2 Å². The van der Waals surface area contributed by atoms with Crippen LogP contribution in [-0.4, -0.2) is 42.9 Å². The van der Waals surface area contributed by atoms with E-state index in [1.165, 1.54) is 18.2 Å². The van der Waals surface area contributed by atoms with Gasteiger partial charge in [0.15, 0.2) is 0 Å². The quantitative estimate of drug-likeness (QED) is 0.316. The molecular weight excluding hydrogens is 477 g/mol. The molecule has 2 heterocycles. The van der Waals surface area contributed by atoms with Gasteiger partial charge < -0.3 is 15.3 Å². The number of fused-ring (bicyclic) bond motifs is 1. The van der Waals surface area contributed by atoms with Crippen molar-refractivity contribution in [3.8, 4) is 34.1 Å². The number of phenolic OH excluding ortho intramolecular Hbond substituents is 1. The molecule has 0 aliphatic carbocycles. The van der Waals surface area contributed by atoms with E-state index in [0.717, 1.165) is 28.3 Å². The summed E-state index contributed by atoms with van der Waals surface area (Å²) >= 11 is 0. The number of anilines is 1. The number of aryl methyl sites for hydroxylation is 1. The van der Waals surface area contributed by atoms with Crippen LogP contribution in [0.5, 0.6) is 5.75 Å². The maximum atomic E-state index is 14.4. The minimum absolute atomic E-state index is 0.149. The highest BCUT2D eigenvalue weighted by Gasteiger charge is 2.30. The van der Waals surface area contributed by atoms with Crippen LogP contribution in [-0.2, 0) is 0 Å². The van der Waals surface area contributed by atoms with Crippen molar-refractivity contribution in [3.05, 3.63) is 77.5 Å². The molecule has 0 bridgehead atoms. The maximum absolute atomic E-state index is 14.4. The molecule has 1 fully saturated rings. The number of hydrogen-bond acceptors (Lipinski definition) is 5. The zero-order valence-electron chi connectivity index (χ0n) is 20.2. The Kier molecular flexibility index (Phi) is 6.72. The van der Waals surface area contributed by atoms with E-state index in [9.17, 15) is 23.5 Å². The van der Waals surface area contributed by atoms with Gasteiger partial charge in [-0.3, -0.25) is 4.98 Å². The molecule has 4 aromatic rings. The monoisotopic (exact) mass is 502 g/mol. The Balaban J connectivity index is 1.66. The molecule has 8 heteroatoms. The van der Waals surface area contributed by atoms with Crippen LogP contribution in [0.3, 0.4) is 0 Å². The van der Waals surface area contributed by atoms with Crippen LogP contribution in [0.2, 0.25) is 0 Å². The molecule has 1 aromatic heterocycles. The Bertz CT molecular complexity index is 1510. The van der Waals surface area contributed by atoms with Crippen LogP contribution < -0.4 is 10.2 Å².